The Balaban J connectivity index is 1.43. The van der Waals surface area contributed by atoms with E-state index in [4.69, 9.17) is 4.74 Å². The third-order valence-electron chi connectivity index (χ3n) is 4.65. The number of nitrogens with one attached hydrogen (secondary N) is 1. The summed E-state index contributed by atoms with van der Waals surface area (Å²) in [5.74, 6) is 2.25. The zero-order valence-corrected chi connectivity index (χ0v) is 17.6. The molecule has 4 aromatic rings. The predicted octanol–water partition coefficient (Wildman–Crippen LogP) is 4.69. The molecule has 4 rings (SSSR count). The maximum atomic E-state index is 12.5. The highest BCUT2D eigenvalue weighted by molar-refractivity contribution is 6.04. The molecule has 0 spiro atoms. The Kier molecular flexibility index (Phi) is 5.66. The van der Waals surface area contributed by atoms with E-state index < -0.39 is 0 Å². The average Bonchev–Trinajstić information content (AvgIpc) is 3.30. The van der Waals surface area contributed by atoms with Crippen LogP contribution in [0.15, 0.2) is 79.1 Å². The van der Waals surface area contributed by atoms with E-state index in [1.54, 1.807) is 30.3 Å². The van der Waals surface area contributed by atoms with Gasteiger partial charge in [-0.15, -0.1) is 0 Å². The van der Waals surface area contributed by atoms with Crippen LogP contribution >= 0.6 is 0 Å². The smallest absolute Gasteiger partial charge is 0.255 e. The molecule has 0 bridgehead atoms. The van der Waals surface area contributed by atoms with Gasteiger partial charge >= 0.3 is 0 Å². The molecular formula is C24H23N5O2. The summed E-state index contributed by atoms with van der Waals surface area (Å²) in [5, 5.41) is 2.90. The van der Waals surface area contributed by atoms with Gasteiger partial charge in [0, 0.05) is 49.5 Å². The predicted molar refractivity (Wildman–Crippen MR) is 121 cm³/mol. The molecule has 31 heavy (non-hydrogen) atoms. The van der Waals surface area contributed by atoms with Crippen LogP contribution < -0.4 is 15.0 Å². The maximum absolute atomic E-state index is 12.5. The number of benzene rings is 2. The third kappa shape index (κ3) is 4.90. The van der Waals surface area contributed by atoms with Gasteiger partial charge in [-0.1, -0.05) is 0 Å². The molecule has 0 fully saturated rings. The molecule has 2 aromatic carbocycles. The summed E-state index contributed by atoms with van der Waals surface area (Å²) in [4.78, 5) is 23.2. The van der Waals surface area contributed by atoms with Crippen molar-refractivity contribution in [3.63, 3.8) is 0 Å². The first-order valence-electron chi connectivity index (χ1n) is 9.83. The van der Waals surface area contributed by atoms with Crippen molar-refractivity contribution >= 4 is 17.3 Å². The highest BCUT2D eigenvalue weighted by Crippen LogP contribution is 2.23. The SMILES string of the molecule is Cc1nc(Oc2ccc(NC(=O)c3ccc(N(C)C)cc3)cc2)cc(-n2cccc2)n1. The second-order valence-electron chi connectivity index (χ2n) is 7.22. The number of rotatable bonds is 6. The minimum absolute atomic E-state index is 0.165. The second kappa shape index (κ2) is 8.71. The molecule has 2 heterocycles. The largest absolute Gasteiger partial charge is 0.439 e. The summed E-state index contributed by atoms with van der Waals surface area (Å²) in [7, 11) is 3.92. The van der Waals surface area contributed by atoms with Gasteiger partial charge in [0.2, 0.25) is 5.88 Å². The van der Waals surface area contributed by atoms with E-state index in [1.807, 2.05) is 79.3 Å². The Hall–Kier alpha value is -4.13. The lowest BCUT2D eigenvalue weighted by atomic mass is 10.2. The number of carbonyl (C=O) groups is 1. The lowest BCUT2D eigenvalue weighted by Crippen LogP contribution is -2.13. The lowest BCUT2D eigenvalue weighted by molar-refractivity contribution is 0.102. The molecule has 0 unspecified atom stereocenters. The number of hydrogen-bond donors (Lipinski definition) is 1. The third-order valence-corrected chi connectivity index (χ3v) is 4.65. The van der Waals surface area contributed by atoms with Crippen molar-refractivity contribution in [2.75, 3.05) is 24.3 Å². The molecule has 0 atom stereocenters. The van der Waals surface area contributed by atoms with Crippen LogP contribution in [0.3, 0.4) is 0 Å². The molecule has 0 aliphatic rings. The number of anilines is 2. The quantitative estimate of drug-likeness (QED) is 0.497. The molecule has 0 aliphatic heterocycles. The highest BCUT2D eigenvalue weighted by Gasteiger charge is 2.08. The van der Waals surface area contributed by atoms with E-state index in [0.29, 0.717) is 28.7 Å². The zero-order chi connectivity index (χ0) is 21.8. The van der Waals surface area contributed by atoms with Crippen molar-refractivity contribution in [3.05, 3.63) is 90.5 Å². The van der Waals surface area contributed by atoms with E-state index >= 15 is 0 Å². The van der Waals surface area contributed by atoms with Gasteiger partial charge in [-0.3, -0.25) is 4.79 Å². The average molecular weight is 413 g/mol. The summed E-state index contributed by atoms with van der Waals surface area (Å²) < 4.78 is 7.79. The van der Waals surface area contributed by atoms with Crippen molar-refractivity contribution in [3.8, 4) is 17.4 Å². The normalized spacial score (nSPS) is 10.5. The van der Waals surface area contributed by atoms with Gasteiger partial charge in [0.05, 0.1) is 0 Å². The van der Waals surface area contributed by atoms with Crippen molar-refractivity contribution in [1.82, 2.24) is 14.5 Å². The Morgan fingerprint density at radius 1 is 0.968 bits per heavy atom. The van der Waals surface area contributed by atoms with Gasteiger partial charge < -0.3 is 19.5 Å². The van der Waals surface area contributed by atoms with Crippen molar-refractivity contribution in [2.45, 2.75) is 6.92 Å². The first-order chi connectivity index (χ1) is 15.0. The van der Waals surface area contributed by atoms with Crippen LogP contribution in [0.2, 0.25) is 0 Å². The van der Waals surface area contributed by atoms with Gasteiger partial charge in [-0.05, 0) is 67.6 Å². The van der Waals surface area contributed by atoms with E-state index in [1.165, 1.54) is 0 Å². The van der Waals surface area contributed by atoms with E-state index in [2.05, 4.69) is 15.3 Å². The molecule has 0 saturated heterocycles. The highest BCUT2D eigenvalue weighted by atomic mass is 16.5. The Morgan fingerprint density at radius 2 is 1.65 bits per heavy atom. The van der Waals surface area contributed by atoms with Crippen LogP contribution in [-0.2, 0) is 0 Å². The molecule has 7 nitrogen and oxygen atoms in total. The Labute approximate surface area is 181 Å². The minimum atomic E-state index is -0.165. The summed E-state index contributed by atoms with van der Waals surface area (Å²) in [6.07, 6.45) is 3.83. The van der Waals surface area contributed by atoms with Crippen molar-refractivity contribution in [1.29, 1.82) is 0 Å². The first-order valence-corrected chi connectivity index (χ1v) is 9.83. The number of carbonyl (C=O) groups excluding carboxylic acids is 1. The minimum Gasteiger partial charge on any atom is -0.439 e. The van der Waals surface area contributed by atoms with E-state index in [-0.39, 0.29) is 5.91 Å². The van der Waals surface area contributed by atoms with E-state index in [9.17, 15) is 4.79 Å². The number of aryl methyl sites for hydroxylation is 1. The first kappa shape index (κ1) is 20.2. The van der Waals surface area contributed by atoms with Crippen LogP contribution in [0.4, 0.5) is 11.4 Å². The zero-order valence-electron chi connectivity index (χ0n) is 17.6. The van der Waals surface area contributed by atoms with Gasteiger partial charge in [0.15, 0.2) is 0 Å². The lowest BCUT2D eigenvalue weighted by Gasteiger charge is -2.13. The topological polar surface area (TPSA) is 72.3 Å². The number of nitrogens with zero attached hydrogens (tertiary/aromatic N) is 4. The molecule has 2 aromatic heterocycles. The molecule has 1 amide bonds. The van der Waals surface area contributed by atoms with Gasteiger partial charge in [0.1, 0.15) is 17.4 Å². The summed E-state index contributed by atoms with van der Waals surface area (Å²) >= 11 is 0. The summed E-state index contributed by atoms with van der Waals surface area (Å²) in [5.41, 5.74) is 2.32. The summed E-state index contributed by atoms with van der Waals surface area (Å²) in [6, 6.07) is 20.3. The molecular weight excluding hydrogens is 390 g/mol. The van der Waals surface area contributed by atoms with Crippen LogP contribution in [0.25, 0.3) is 5.82 Å². The molecule has 156 valence electrons. The molecule has 7 heteroatoms. The maximum Gasteiger partial charge on any atom is 0.255 e. The fourth-order valence-corrected chi connectivity index (χ4v) is 3.04. The van der Waals surface area contributed by atoms with Crippen LogP contribution in [0.5, 0.6) is 11.6 Å². The van der Waals surface area contributed by atoms with Gasteiger partial charge in [0.25, 0.3) is 5.91 Å². The van der Waals surface area contributed by atoms with Gasteiger partial charge in [-0.2, -0.15) is 4.98 Å². The molecule has 0 radical (unpaired) electrons. The number of aromatic nitrogens is 3. The number of amides is 1. The van der Waals surface area contributed by atoms with Crippen molar-refractivity contribution in [2.24, 2.45) is 0 Å². The van der Waals surface area contributed by atoms with Crippen LogP contribution in [0.1, 0.15) is 16.2 Å². The standard InChI is InChI=1S/C24H23N5O2/c1-17-25-22(29-14-4-5-15-29)16-23(26-17)31-21-12-8-19(9-13-21)27-24(30)18-6-10-20(11-7-18)28(2)3/h4-16H,1-3H3,(H,27,30). The fraction of sp³-hybridized carbons (Fsp3) is 0.125. The number of ether oxygens (including phenoxy) is 1. The molecule has 0 saturated carbocycles. The fourth-order valence-electron chi connectivity index (χ4n) is 3.04. The van der Waals surface area contributed by atoms with E-state index in [0.717, 1.165) is 11.5 Å². The van der Waals surface area contributed by atoms with Crippen LogP contribution in [-0.4, -0.2) is 34.5 Å². The monoisotopic (exact) mass is 413 g/mol. The second-order valence-corrected chi connectivity index (χ2v) is 7.22. The Bertz CT molecular complexity index is 1170. The number of hydrogen-bond acceptors (Lipinski definition) is 5. The van der Waals surface area contributed by atoms with Gasteiger partial charge in [-0.25, -0.2) is 4.98 Å². The molecule has 1 N–H and O–H groups in total. The Morgan fingerprint density at radius 3 is 2.29 bits per heavy atom. The van der Waals surface area contributed by atoms with Crippen LogP contribution in [0, 0.1) is 6.92 Å². The summed E-state index contributed by atoms with van der Waals surface area (Å²) in [6.45, 7) is 1.82. The molecule has 0 aliphatic carbocycles. The van der Waals surface area contributed by atoms with Crippen molar-refractivity contribution < 1.29 is 9.53 Å².